The molecule has 0 unspecified atom stereocenters. The standard InChI is InChI=1S/C20H28N4O5S2/c1-4-24(5-2)31(28,29)18-12-10-16(11-13-18)14-21-20(25)22-15-17-8-6-7-9-19(17)23-30(3,26)27/h6-13,23H,4-5,14-15H2,1-3H3,(H2,21,22,25). The van der Waals surface area contributed by atoms with Crippen LogP contribution in [-0.4, -0.2) is 46.5 Å². The van der Waals surface area contributed by atoms with Crippen LogP contribution >= 0.6 is 0 Å². The van der Waals surface area contributed by atoms with E-state index in [1.807, 2.05) is 0 Å². The topological polar surface area (TPSA) is 125 Å². The largest absolute Gasteiger partial charge is 0.334 e. The highest BCUT2D eigenvalue weighted by Gasteiger charge is 2.21. The van der Waals surface area contributed by atoms with Crippen molar-refractivity contribution in [1.82, 2.24) is 14.9 Å². The van der Waals surface area contributed by atoms with Crippen LogP contribution in [0.1, 0.15) is 25.0 Å². The average Bonchev–Trinajstić information content (AvgIpc) is 2.71. The summed E-state index contributed by atoms with van der Waals surface area (Å²) in [7, 11) is -6.95. The Morgan fingerprint density at radius 3 is 2.03 bits per heavy atom. The minimum absolute atomic E-state index is 0.131. The number of para-hydroxylation sites is 1. The molecule has 0 fully saturated rings. The summed E-state index contributed by atoms with van der Waals surface area (Å²) in [6, 6.07) is 12.7. The van der Waals surface area contributed by atoms with Crippen LogP contribution in [0.3, 0.4) is 0 Å². The Kier molecular flexibility index (Phi) is 8.43. The van der Waals surface area contributed by atoms with Gasteiger partial charge in [-0.15, -0.1) is 0 Å². The minimum Gasteiger partial charge on any atom is -0.334 e. The molecule has 0 spiro atoms. The fourth-order valence-electron chi connectivity index (χ4n) is 2.89. The van der Waals surface area contributed by atoms with E-state index in [2.05, 4.69) is 15.4 Å². The fraction of sp³-hybridized carbons (Fsp3) is 0.350. The number of carbonyl (C=O) groups is 1. The summed E-state index contributed by atoms with van der Waals surface area (Å²) in [6.07, 6.45) is 1.06. The predicted molar refractivity (Wildman–Crippen MR) is 121 cm³/mol. The van der Waals surface area contributed by atoms with Crippen LogP contribution in [0.2, 0.25) is 0 Å². The molecule has 11 heteroatoms. The number of urea groups is 1. The molecule has 0 saturated carbocycles. The molecule has 2 aromatic rings. The van der Waals surface area contributed by atoms with Gasteiger partial charge < -0.3 is 10.6 Å². The van der Waals surface area contributed by atoms with Gasteiger partial charge in [0.25, 0.3) is 0 Å². The van der Waals surface area contributed by atoms with E-state index >= 15 is 0 Å². The second-order valence-electron chi connectivity index (χ2n) is 6.80. The summed E-state index contributed by atoms with van der Waals surface area (Å²) in [5, 5.41) is 5.37. The highest BCUT2D eigenvalue weighted by Crippen LogP contribution is 2.17. The van der Waals surface area contributed by atoms with Crippen molar-refractivity contribution in [3.63, 3.8) is 0 Å². The van der Waals surface area contributed by atoms with E-state index in [4.69, 9.17) is 0 Å². The van der Waals surface area contributed by atoms with E-state index in [0.717, 1.165) is 11.8 Å². The Hall–Kier alpha value is -2.63. The van der Waals surface area contributed by atoms with Crippen molar-refractivity contribution in [3.05, 3.63) is 59.7 Å². The number of nitrogens with zero attached hydrogens (tertiary/aromatic N) is 1. The molecule has 0 aliphatic carbocycles. The van der Waals surface area contributed by atoms with Crippen LogP contribution in [0.25, 0.3) is 0 Å². The molecular formula is C20H28N4O5S2. The molecule has 2 amide bonds. The van der Waals surface area contributed by atoms with E-state index < -0.39 is 26.1 Å². The Morgan fingerprint density at radius 2 is 1.45 bits per heavy atom. The maximum absolute atomic E-state index is 12.5. The molecule has 31 heavy (non-hydrogen) atoms. The first kappa shape index (κ1) is 24.6. The van der Waals surface area contributed by atoms with Crippen molar-refractivity contribution in [2.24, 2.45) is 0 Å². The maximum Gasteiger partial charge on any atom is 0.315 e. The second kappa shape index (κ2) is 10.6. The van der Waals surface area contributed by atoms with Gasteiger partial charge in [0.05, 0.1) is 16.8 Å². The average molecular weight is 469 g/mol. The summed E-state index contributed by atoms with van der Waals surface area (Å²) in [5.74, 6) is 0. The third kappa shape index (κ3) is 7.23. The second-order valence-corrected chi connectivity index (χ2v) is 10.5. The van der Waals surface area contributed by atoms with Gasteiger partial charge in [0.15, 0.2) is 0 Å². The molecule has 9 nitrogen and oxygen atoms in total. The zero-order chi connectivity index (χ0) is 23.1. The first-order chi connectivity index (χ1) is 14.6. The number of sulfonamides is 2. The fourth-order valence-corrected chi connectivity index (χ4v) is 4.94. The zero-order valence-corrected chi connectivity index (χ0v) is 19.4. The highest BCUT2D eigenvalue weighted by molar-refractivity contribution is 7.92. The summed E-state index contributed by atoms with van der Waals surface area (Å²) >= 11 is 0. The molecule has 0 atom stereocenters. The monoisotopic (exact) mass is 468 g/mol. The molecule has 170 valence electrons. The lowest BCUT2D eigenvalue weighted by molar-refractivity contribution is 0.240. The lowest BCUT2D eigenvalue weighted by Gasteiger charge is -2.18. The number of hydrogen-bond acceptors (Lipinski definition) is 5. The molecule has 0 aromatic heterocycles. The third-order valence-electron chi connectivity index (χ3n) is 4.47. The molecule has 3 N–H and O–H groups in total. The van der Waals surface area contributed by atoms with E-state index in [9.17, 15) is 21.6 Å². The number of hydrogen-bond donors (Lipinski definition) is 3. The molecule has 2 rings (SSSR count). The van der Waals surface area contributed by atoms with Crippen molar-refractivity contribution in [3.8, 4) is 0 Å². The highest BCUT2D eigenvalue weighted by atomic mass is 32.2. The molecule has 0 aliphatic heterocycles. The van der Waals surface area contributed by atoms with Gasteiger partial charge in [-0.05, 0) is 29.3 Å². The SMILES string of the molecule is CCN(CC)S(=O)(=O)c1ccc(CNC(=O)NCc2ccccc2NS(C)(=O)=O)cc1. The number of benzene rings is 2. The number of carbonyl (C=O) groups excluding carboxylic acids is 1. The maximum atomic E-state index is 12.5. The van der Waals surface area contributed by atoms with Crippen LogP contribution in [0, 0.1) is 0 Å². The van der Waals surface area contributed by atoms with E-state index in [1.165, 1.54) is 16.4 Å². The third-order valence-corrected chi connectivity index (χ3v) is 7.13. The quantitative estimate of drug-likeness (QED) is 0.492. The molecular weight excluding hydrogens is 440 g/mol. The van der Waals surface area contributed by atoms with Crippen molar-refractivity contribution in [2.45, 2.75) is 31.8 Å². The lowest BCUT2D eigenvalue weighted by Crippen LogP contribution is -2.34. The van der Waals surface area contributed by atoms with E-state index in [0.29, 0.717) is 24.3 Å². The summed E-state index contributed by atoms with van der Waals surface area (Å²) in [5.41, 5.74) is 1.76. The molecule has 0 radical (unpaired) electrons. The van der Waals surface area contributed by atoms with Crippen molar-refractivity contribution >= 4 is 31.8 Å². The van der Waals surface area contributed by atoms with Crippen molar-refractivity contribution < 1.29 is 21.6 Å². The van der Waals surface area contributed by atoms with Gasteiger partial charge in [-0.2, -0.15) is 4.31 Å². The first-order valence-corrected chi connectivity index (χ1v) is 13.1. The summed E-state index contributed by atoms with van der Waals surface area (Å²) in [4.78, 5) is 12.3. The number of anilines is 1. The lowest BCUT2D eigenvalue weighted by atomic mass is 10.2. The summed E-state index contributed by atoms with van der Waals surface area (Å²) in [6.45, 7) is 4.70. The molecule has 2 aromatic carbocycles. The summed E-state index contributed by atoms with van der Waals surface area (Å²) < 4.78 is 51.7. The zero-order valence-electron chi connectivity index (χ0n) is 17.8. The first-order valence-electron chi connectivity index (χ1n) is 9.73. The Balaban J connectivity index is 1.93. The Labute approximate surface area is 184 Å². The van der Waals surface area contributed by atoms with Crippen LogP contribution in [0.4, 0.5) is 10.5 Å². The molecule has 0 heterocycles. The van der Waals surface area contributed by atoms with Gasteiger partial charge in [-0.1, -0.05) is 44.2 Å². The molecule has 0 aliphatic rings. The predicted octanol–water partition coefficient (Wildman–Crippen LogP) is 2.09. The van der Waals surface area contributed by atoms with Gasteiger partial charge in [0, 0.05) is 26.2 Å². The normalized spacial score (nSPS) is 11.9. The van der Waals surface area contributed by atoms with Crippen molar-refractivity contribution in [2.75, 3.05) is 24.1 Å². The van der Waals surface area contributed by atoms with Crippen LogP contribution in [0.15, 0.2) is 53.4 Å². The van der Waals surface area contributed by atoms with E-state index in [1.54, 1.807) is 50.2 Å². The number of nitrogens with one attached hydrogen (secondary N) is 3. The minimum atomic E-state index is -3.52. The number of amides is 2. The van der Waals surface area contributed by atoms with Crippen LogP contribution in [-0.2, 0) is 33.1 Å². The van der Waals surface area contributed by atoms with Gasteiger partial charge in [-0.3, -0.25) is 4.72 Å². The van der Waals surface area contributed by atoms with Gasteiger partial charge in [0.2, 0.25) is 20.0 Å². The Bertz CT molecular complexity index is 1100. The van der Waals surface area contributed by atoms with Gasteiger partial charge in [0.1, 0.15) is 0 Å². The van der Waals surface area contributed by atoms with Crippen LogP contribution < -0.4 is 15.4 Å². The van der Waals surface area contributed by atoms with E-state index in [-0.39, 0.29) is 18.0 Å². The van der Waals surface area contributed by atoms with Crippen molar-refractivity contribution in [1.29, 1.82) is 0 Å². The Morgan fingerprint density at radius 1 is 0.871 bits per heavy atom. The molecule has 0 saturated heterocycles. The number of rotatable bonds is 10. The van der Waals surface area contributed by atoms with Crippen LogP contribution in [0.5, 0.6) is 0 Å². The molecule has 0 bridgehead atoms. The van der Waals surface area contributed by atoms with Gasteiger partial charge >= 0.3 is 6.03 Å². The smallest absolute Gasteiger partial charge is 0.315 e. The van der Waals surface area contributed by atoms with Gasteiger partial charge in [-0.25, -0.2) is 21.6 Å².